The van der Waals surface area contributed by atoms with E-state index in [2.05, 4.69) is 22.6 Å². The zero-order chi connectivity index (χ0) is 11.4. The van der Waals surface area contributed by atoms with E-state index < -0.39 is 5.60 Å². The zero-order valence-electron chi connectivity index (χ0n) is 9.82. The second-order valence-electron chi connectivity index (χ2n) is 4.48. The second kappa shape index (κ2) is 4.93. The summed E-state index contributed by atoms with van der Waals surface area (Å²) in [4.78, 5) is 0. The van der Waals surface area contributed by atoms with Gasteiger partial charge in [-0.05, 0) is 38.8 Å². The standard InChI is InChI=1S/C11H20N4O/c1-2-8-15-10(9-13-14-15)11(16)4-3-6-12-7-5-11/h9,12,16H,2-8H2,1H3. The van der Waals surface area contributed by atoms with Crippen LogP contribution in [0.1, 0.15) is 38.3 Å². The van der Waals surface area contributed by atoms with Crippen LogP contribution in [0.15, 0.2) is 6.20 Å². The van der Waals surface area contributed by atoms with Crippen LogP contribution in [0.4, 0.5) is 0 Å². The maximum atomic E-state index is 10.7. The Morgan fingerprint density at radius 1 is 1.50 bits per heavy atom. The molecule has 0 aromatic carbocycles. The third kappa shape index (κ3) is 2.25. The minimum absolute atomic E-state index is 0.740. The van der Waals surface area contributed by atoms with E-state index in [0.29, 0.717) is 0 Å². The molecule has 0 saturated carbocycles. The maximum Gasteiger partial charge on any atom is 0.109 e. The van der Waals surface area contributed by atoms with Gasteiger partial charge in [0.05, 0.1) is 11.9 Å². The van der Waals surface area contributed by atoms with Crippen molar-refractivity contribution in [3.8, 4) is 0 Å². The molecule has 1 saturated heterocycles. The van der Waals surface area contributed by atoms with Crippen LogP contribution >= 0.6 is 0 Å². The molecule has 16 heavy (non-hydrogen) atoms. The first kappa shape index (κ1) is 11.5. The molecule has 0 bridgehead atoms. The van der Waals surface area contributed by atoms with E-state index in [9.17, 15) is 5.11 Å². The Labute approximate surface area is 95.8 Å². The number of hydrogen-bond acceptors (Lipinski definition) is 4. The van der Waals surface area contributed by atoms with Crippen LogP contribution in [0, 0.1) is 0 Å². The molecule has 0 radical (unpaired) electrons. The minimum atomic E-state index is -0.748. The lowest BCUT2D eigenvalue weighted by atomic mass is 9.91. The van der Waals surface area contributed by atoms with Crippen molar-refractivity contribution in [1.82, 2.24) is 20.3 Å². The highest BCUT2D eigenvalue weighted by Crippen LogP contribution is 2.30. The fraction of sp³-hybridized carbons (Fsp3) is 0.818. The van der Waals surface area contributed by atoms with Crippen LogP contribution < -0.4 is 5.32 Å². The van der Waals surface area contributed by atoms with Crippen molar-refractivity contribution < 1.29 is 5.11 Å². The van der Waals surface area contributed by atoms with Gasteiger partial charge >= 0.3 is 0 Å². The van der Waals surface area contributed by atoms with Crippen molar-refractivity contribution >= 4 is 0 Å². The summed E-state index contributed by atoms with van der Waals surface area (Å²) in [7, 11) is 0. The van der Waals surface area contributed by atoms with E-state index >= 15 is 0 Å². The number of aromatic nitrogens is 3. The molecular formula is C11H20N4O. The Kier molecular flexibility index (Phi) is 3.56. The quantitative estimate of drug-likeness (QED) is 0.791. The molecule has 5 heteroatoms. The molecular weight excluding hydrogens is 204 g/mol. The summed E-state index contributed by atoms with van der Waals surface area (Å²) in [5, 5.41) is 22.0. The van der Waals surface area contributed by atoms with E-state index in [-0.39, 0.29) is 0 Å². The third-order valence-electron chi connectivity index (χ3n) is 3.19. The highest BCUT2D eigenvalue weighted by molar-refractivity contribution is 5.09. The second-order valence-corrected chi connectivity index (χ2v) is 4.48. The summed E-state index contributed by atoms with van der Waals surface area (Å²) < 4.78 is 1.84. The number of aryl methyl sites for hydroxylation is 1. The van der Waals surface area contributed by atoms with Crippen LogP contribution in [-0.2, 0) is 12.1 Å². The first-order valence-electron chi connectivity index (χ1n) is 6.08. The van der Waals surface area contributed by atoms with Crippen LogP contribution in [0.25, 0.3) is 0 Å². The Morgan fingerprint density at radius 3 is 3.19 bits per heavy atom. The molecule has 0 amide bonds. The van der Waals surface area contributed by atoms with Gasteiger partial charge in [-0.25, -0.2) is 4.68 Å². The van der Waals surface area contributed by atoms with Crippen molar-refractivity contribution in [1.29, 1.82) is 0 Å². The van der Waals surface area contributed by atoms with Crippen LogP contribution in [0.5, 0.6) is 0 Å². The van der Waals surface area contributed by atoms with Gasteiger partial charge in [-0.3, -0.25) is 0 Å². The molecule has 1 aromatic rings. The number of nitrogens with zero attached hydrogens (tertiary/aromatic N) is 3. The lowest BCUT2D eigenvalue weighted by Gasteiger charge is -2.26. The van der Waals surface area contributed by atoms with E-state index in [4.69, 9.17) is 0 Å². The fourth-order valence-electron chi connectivity index (χ4n) is 2.30. The molecule has 1 unspecified atom stereocenters. The van der Waals surface area contributed by atoms with Gasteiger partial charge in [-0.15, -0.1) is 5.10 Å². The molecule has 0 aliphatic carbocycles. The lowest BCUT2D eigenvalue weighted by Crippen LogP contribution is -2.30. The summed E-state index contributed by atoms with van der Waals surface area (Å²) >= 11 is 0. The van der Waals surface area contributed by atoms with Crippen molar-refractivity contribution in [3.05, 3.63) is 11.9 Å². The SMILES string of the molecule is CCCn1nncc1C1(O)CCCNCC1. The van der Waals surface area contributed by atoms with Gasteiger partial charge in [0, 0.05) is 6.54 Å². The summed E-state index contributed by atoms with van der Waals surface area (Å²) in [6.07, 6.45) is 5.24. The first-order chi connectivity index (χ1) is 7.76. The molecule has 5 nitrogen and oxygen atoms in total. The summed E-state index contributed by atoms with van der Waals surface area (Å²) in [6, 6.07) is 0. The molecule has 90 valence electrons. The Morgan fingerprint density at radius 2 is 2.38 bits per heavy atom. The van der Waals surface area contributed by atoms with Crippen molar-refractivity contribution in [2.24, 2.45) is 0 Å². The number of aliphatic hydroxyl groups is 1. The molecule has 1 aromatic heterocycles. The van der Waals surface area contributed by atoms with Gasteiger partial charge in [0.1, 0.15) is 5.60 Å². The van der Waals surface area contributed by atoms with Gasteiger partial charge in [0.2, 0.25) is 0 Å². The molecule has 1 atom stereocenters. The number of rotatable bonds is 3. The summed E-state index contributed by atoms with van der Waals surface area (Å²) in [6.45, 7) is 4.76. The Balaban J connectivity index is 2.22. The first-order valence-corrected chi connectivity index (χ1v) is 6.08. The smallest absolute Gasteiger partial charge is 0.109 e. The fourth-order valence-corrected chi connectivity index (χ4v) is 2.30. The normalized spacial score (nSPS) is 26.6. The van der Waals surface area contributed by atoms with Gasteiger partial charge in [0.15, 0.2) is 0 Å². The van der Waals surface area contributed by atoms with Crippen molar-refractivity contribution in [3.63, 3.8) is 0 Å². The Hall–Kier alpha value is -0.940. The van der Waals surface area contributed by atoms with Crippen molar-refractivity contribution in [2.75, 3.05) is 13.1 Å². The van der Waals surface area contributed by atoms with E-state index in [0.717, 1.165) is 51.0 Å². The highest BCUT2D eigenvalue weighted by atomic mass is 16.3. The van der Waals surface area contributed by atoms with Gasteiger partial charge < -0.3 is 10.4 Å². The van der Waals surface area contributed by atoms with E-state index in [1.54, 1.807) is 6.20 Å². The van der Waals surface area contributed by atoms with Gasteiger partial charge in [0.25, 0.3) is 0 Å². The topological polar surface area (TPSA) is 63.0 Å². The molecule has 1 aliphatic heterocycles. The predicted octanol–water partition coefficient (Wildman–Crippen LogP) is 0.649. The van der Waals surface area contributed by atoms with Crippen LogP contribution in [0.3, 0.4) is 0 Å². The molecule has 2 rings (SSSR count). The molecule has 2 heterocycles. The van der Waals surface area contributed by atoms with Gasteiger partial charge in [-0.2, -0.15) is 0 Å². The van der Waals surface area contributed by atoms with Crippen molar-refractivity contribution in [2.45, 2.75) is 44.8 Å². The Bertz CT molecular complexity index is 328. The largest absolute Gasteiger partial charge is 0.383 e. The van der Waals surface area contributed by atoms with Crippen LogP contribution in [0.2, 0.25) is 0 Å². The molecule has 1 fully saturated rings. The third-order valence-corrected chi connectivity index (χ3v) is 3.19. The minimum Gasteiger partial charge on any atom is -0.383 e. The highest BCUT2D eigenvalue weighted by Gasteiger charge is 2.33. The monoisotopic (exact) mass is 224 g/mol. The lowest BCUT2D eigenvalue weighted by molar-refractivity contribution is 0.0150. The van der Waals surface area contributed by atoms with E-state index in [1.165, 1.54) is 0 Å². The summed E-state index contributed by atoms with van der Waals surface area (Å²) in [5.41, 5.74) is 0.125. The number of nitrogens with one attached hydrogen (secondary N) is 1. The molecule has 2 N–H and O–H groups in total. The van der Waals surface area contributed by atoms with Crippen LogP contribution in [-0.4, -0.2) is 33.2 Å². The predicted molar refractivity (Wildman–Crippen MR) is 60.9 cm³/mol. The zero-order valence-corrected chi connectivity index (χ0v) is 9.82. The molecule has 1 aliphatic rings. The van der Waals surface area contributed by atoms with E-state index in [1.807, 2.05) is 4.68 Å². The maximum absolute atomic E-state index is 10.7. The average molecular weight is 224 g/mol. The average Bonchev–Trinajstić information content (AvgIpc) is 2.62. The van der Waals surface area contributed by atoms with Gasteiger partial charge in [-0.1, -0.05) is 12.1 Å². The summed E-state index contributed by atoms with van der Waals surface area (Å²) in [5.74, 6) is 0. The number of hydrogen-bond donors (Lipinski definition) is 2. The molecule has 0 spiro atoms.